The molecule has 0 fully saturated rings. The minimum Gasteiger partial charge on any atom is -0.359 e. The smallest absolute Gasteiger partial charge is 0.257 e. The number of halogens is 1. The number of nitrogens with one attached hydrogen (secondary N) is 1. The predicted octanol–water partition coefficient (Wildman–Crippen LogP) is 3.71. The SMILES string of the molecule is CCCN1C(=O)c2ccc(Cl)cc2NC1c1ccccn1. The maximum absolute atomic E-state index is 12.7. The summed E-state index contributed by atoms with van der Waals surface area (Å²) < 4.78 is 0. The second-order valence-corrected chi connectivity index (χ2v) is 5.43. The molecule has 1 aromatic carbocycles. The first kappa shape index (κ1) is 13.9. The molecule has 5 heteroatoms. The van der Waals surface area contributed by atoms with Crippen molar-refractivity contribution in [3.05, 3.63) is 58.9 Å². The summed E-state index contributed by atoms with van der Waals surface area (Å²) in [4.78, 5) is 18.9. The summed E-state index contributed by atoms with van der Waals surface area (Å²) in [5.74, 6) is 0.0120. The molecule has 1 amide bonds. The van der Waals surface area contributed by atoms with Crippen molar-refractivity contribution in [2.24, 2.45) is 0 Å². The van der Waals surface area contributed by atoms with E-state index in [1.54, 1.807) is 24.4 Å². The van der Waals surface area contributed by atoms with Crippen molar-refractivity contribution in [2.45, 2.75) is 19.5 Å². The number of benzene rings is 1. The van der Waals surface area contributed by atoms with Gasteiger partial charge in [-0.2, -0.15) is 0 Å². The largest absolute Gasteiger partial charge is 0.359 e. The van der Waals surface area contributed by atoms with Crippen LogP contribution < -0.4 is 5.32 Å². The van der Waals surface area contributed by atoms with Crippen molar-refractivity contribution in [2.75, 3.05) is 11.9 Å². The zero-order valence-electron chi connectivity index (χ0n) is 11.7. The summed E-state index contributed by atoms with van der Waals surface area (Å²) in [5, 5.41) is 3.99. The number of carbonyl (C=O) groups is 1. The Hall–Kier alpha value is -2.07. The van der Waals surface area contributed by atoms with Gasteiger partial charge in [0.1, 0.15) is 6.17 Å². The van der Waals surface area contributed by atoms with Gasteiger partial charge in [0.05, 0.1) is 16.9 Å². The number of nitrogens with zero attached hydrogens (tertiary/aromatic N) is 2. The molecule has 1 unspecified atom stereocenters. The van der Waals surface area contributed by atoms with E-state index in [0.717, 1.165) is 17.8 Å². The molecule has 1 aliphatic heterocycles. The van der Waals surface area contributed by atoms with Crippen LogP contribution in [0, 0.1) is 0 Å². The van der Waals surface area contributed by atoms with Crippen molar-refractivity contribution in [3.8, 4) is 0 Å². The van der Waals surface area contributed by atoms with Crippen LogP contribution in [0.3, 0.4) is 0 Å². The van der Waals surface area contributed by atoms with Gasteiger partial charge < -0.3 is 10.2 Å². The summed E-state index contributed by atoms with van der Waals surface area (Å²) in [6, 6.07) is 11.0. The number of carbonyl (C=O) groups excluding carboxylic acids is 1. The van der Waals surface area contributed by atoms with Crippen LogP contribution in [0.2, 0.25) is 5.02 Å². The number of hydrogen-bond donors (Lipinski definition) is 1. The van der Waals surface area contributed by atoms with E-state index in [2.05, 4.69) is 17.2 Å². The Balaban J connectivity index is 2.05. The highest BCUT2D eigenvalue weighted by molar-refractivity contribution is 6.31. The Morgan fingerprint density at radius 2 is 2.19 bits per heavy atom. The lowest BCUT2D eigenvalue weighted by Gasteiger charge is -2.37. The van der Waals surface area contributed by atoms with Crippen LogP contribution in [-0.4, -0.2) is 22.3 Å². The molecule has 1 atom stereocenters. The van der Waals surface area contributed by atoms with E-state index in [0.29, 0.717) is 17.1 Å². The van der Waals surface area contributed by atoms with E-state index in [1.807, 2.05) is 23.1 Å². The van der Waals surface area contributed by atoms with Crippen LogP contribution in [0.25, 0.3) is 0 Å². The van der Waals surface area contributed by atoms with Gasteiger partial charge >= 0.3 is 0 Å². The van der Waals surface area contributed by atoms with Crippen LogP contribution in [0.15, 0.2) is 42.6 Å². The molecule has 21 heavy (non-hydrogen) atoms. The van der Waals surface area contributed by atoms with Crippen LogP contribution in [-0.2, 0) is 0 Å². The molecule has 108 valence electrons. The van der Waals surface area contributed by atoms with E-state index in [1.165, 1.54) is 0 Å². The second-order valence-electron chi connectivity index (χ2n) is 4.99. The van der Waals surface area contributed by atoms with Gasteiger partial charge in [-0.05, 0) is 36.8 Å². The molecule has 1 aromatic heterocycles. The summed E-state index contributed by atoms with van der Waals surface area (Å²) >= 11 is 6.04. The average Bonchev–Trinajstić information content (AvgIpc) is 2.50. The van der Waals surface area contributed by atoms with E-state index in [-0.39, 0.29) is 12.1 Å². The maximum atomic E-state index is 12.7. The first-order valence-electron chi connectivity index (χ1n) is 6.98. The second kappa shape index (κ2) is 5.74. The number of rotatable bonds is 3. The topological polar surface area (TPSA) is 45.2 Å². The molecule has 0 spiro atoms. The highest BCUT2D eigenvalue weighted by Crippen LogP contribution is 2.33. The normalized spacial score (nSPS) is 17.3. The fraction of sp³-hybridized carbons (Fsp3) is 0.250. The predicted molar refractivity (Wildman–Crippen MR) is 83.4 cm³/mol. The quantitative estimate of drug-likeness (QED) is 0.940. The van der Waals surface area contributed by atoms with Crippen molar-refractivity contribution in [1.82, 2.24) is 9.88 Å². The van der Waals surface area contributed by atoms with E-state index in [4.69, 9.17) is 11.6 Å². The van der Waals surface area contributed by atoms with Crippen LogP contribution in [0.1, 0.15) is 35.6 Å². The molecule has 0 radical (unpaired) electrons. The molecule has 0 saturated heterocycles. The lowest BCUT2D eigenvalue weighted by atomic mass is 10.1. The molecular formula is C16H16ClN3O. The van der Waals surface area contributed by atoms with E-state index in [9.17, 15) is 4.79 Å². The summed E-state index contributed by atoms with van der Waals surface area (Å²) in [5.41, 5.74) is 2.24. The monoisotopic (exact) mass is 301 g/mol. The summed E-state index contributed by atoms with van der Waals surface area (Å²) in [7, 11) is 0. The van der Waals surface area contributed by atoms with Gasteiger partial charge in [0.25, 0.3) is 5.91 Å². The van der Waals surface area contributed by atoms with E-state index >= 15 is 0 Å². The molecule has 2 heterocycles. The fourth-order valence-corrected chi connectivity index (χ4v) is 2.73. The molecule has 4 nitrogen and oxygen atoms in total. The minimum atomic E-state index is -0.260. The number of pyridine rings is 1. The van der Waals surface area contributed by atoms with Gasteiger partial charge in [0.2, 0.25) is 0 Å². The van der Waals surface area contributed by atoms with E-state index < -0.39 is 0 Å². The van der Waals surface area contributed by atoms with Crippen LogP contribution in [0.5, 0.6) is 0 Å². The average molecular weight is 302 g/mol. The Bertz CT molecular complexity index is 660. The molecule has 1 aliphatic rings. The number of aromatic nitrogens is 1. The molecule has 0 aliphatic carbocycles. The number of hydrogen-bond acceptors (Lipinski definition) is 3. The molecule has 3 rings (SSSR count). The van der Waals surface area contributed by atoms with Gasteiger partial charge in [-0.25, -0.2) is 0 Å². The zero-order valence-corrected chi connectivity index (χ0v) is 12.5. The van der Waals surface area contributed by atoms with Gasteiger partial charge in [-0.15, -0.1) is 0 Å². The Kier molecular flexibility index (Phi) is 3.80. The third-order valence-electron chi connectivity index (χ3n) is 3.51. The molecule has 0 bridgehead atoms. The first-order valence-corrected chi connectivity index (χ1v) is 7.36. The van der Waals surface area contributed by atoms with Crippen LogP contribution >= 0.6 is 11.6 Å². The Morgan fingerprint density at radius 3 is 2.90 bits per heavy atom. The Morgan fingerprint density at radius 1 is 1.33 bits per heavy atom. The van der Waals surface area contributed by atoms with Gasteiger partial charge in [0.15, 0.2) is 0 Å². The number of amides is 1. The summed E-state index contributed by atoms with van der Waals surface area (Å²) in [6.45, 7) is 2.73. The highest BCUT2D eigenvalue weighted by Gasteiger charge is 2.33. The van der Waals surface area contributed by atoms with Gasteiger partial charge in [-0.3, -0.25) is 9.78 Å². The lowest BCUT2D eigenvalue weighted by molar-refractivity contribution is 0.0680. The molecule has 1 N–H and O–H groups in total. The summed E-state index contributed by atoms with van der Waals surface area (Å²) in [6.07, 6.45) is 2.36. The highest BCUT2D eigenvalue weighted by atomic mass is 35.5. The van der Waals surface area contributed by atoms with Gasteiger partial charge in [-0.1, -0.05) is 24.6 Å². The van der Waals surface area contributed by atoms with Gasteiger partial charge in [0, 0.05) is 17.8 Å². The first-order chi connectivity index (χ1) is 10.2. The zero-order chi connectivity index (χ0) is 14.8. The van der Waals surface area contributed by atoms with Crippen molar-refractivity contribution < 1.29 is 4.79 Å². The molecule has 2 aromatic rings. The van der Waals surface area contributed by atoms with Crippen molar-refractivity contribution in [3.63, 3.8) is 0 Å². The van der Waals surface area contributed by atoms with Crippen molar-refractivity contribution in [1.29, 1.82) is 0 Å². The minimum absolute atomic E-state index is 0.0120. The number of anilines is 1. The Labute approximate surface area is 128 Å². The number of fused-ring (bicyclic) bond motifs is 1. The standard InChI is InChI=1S/C16H16ClN3O/c1-2-9-20-15(13-5-3-4-8-18-13)19-14-10-11(17)6-7-12(14)16(20)21/h3-8,10,15,19H,2,9H2,1H3. The van der Waals surface area contributed by atoms with Crippen molar-refractivity contribution >= 4 is 23.2 Å². The maximum Gasteiger partial charge on any atom is 0.257 e. The molecule has 0 saturated carbocycles. The lowest BCUT2D eigenvalue weighted by Crippen LogP contribution is -2.43. The van der Waals surface area contributed by atoms with Crippen LogP contribution in [0.4, 0.5) is 5.69 Å². The third kappa shape index (κ3) is 2.59. The molecular weight excluding hydrogens is 286 g/mol. The fourth-order valence-electron chi connectivity index (χ4n) is 2.56. The third-order valence-corrected chi connectivity index (χ3v) is 3.74.